The molecule has 11 nitrogen and oxygen atoms in total. The molecule has 3 amide bonds. The molecule has 0 aromatic carbocycles. The number of carbonyl (C=O) groups excluding carboxylic acids is 3. The molecule has 13 heteroatoms. The third-order valence-electron chi connectivity index (χ3n) is 14.3. The number of thioether (sulfide) groups is 1. The average molecular weight is 726 g/mol. The standard InChI is InChI=1S/C36H59N3O8S2/c1-21(8-11-30(41)37-16-17-49(44,45)46)24-9-10-25-32-26(13-15-36(24,25)3)35(2)14-12-23(18-22(35)19-28(32)40)47-31(42)7-5-4-6-29-33-27(20-48-29)38-34(43)39-33/h21-29,32-33,40H,4-20H2,1-3H3,(H,37,41)(H2,38,39,43)(H,44,45,46)/t21-,22?,23+,24-,25-,26-,27-,28+,29+,32?,33-,35+,36-/m1/s1. The number of urea groups is 1. The normalized spacial score (nSPS) is 41.8. The summed E-state index contributed by atoms with van der Waals surface area (Å²) in [5, 5.41) is 20.8. The van der Waals surface area contributed by atoms with Crippen LogP contribution in [0, 0.1) is 46.3 Å². The van der Waals surface area contributed by atoms with Crippen LogP contribution in [0.15, 0.2) is 0 Å². The molecule has 2 heterocycles. The first kappa shape index (κ1) is 37.2. The molecule has 4 aliphatic carbocycles. The average Bonchev–Trinajstić information content (AvgIpc) is 3.70. The Labute approximate surface area is 296 Å². The number of unbranched alkanes of at least 4 members (excludes halogenated alkanes) is 1. The molecule has 0 aromatic heterocycles. The van der Waals surface area contributed by atoms with Crippen molar-refractivity contribution in [3.63, 3.8) is 0 Å². The van der Waals surface area contributed by atoms with E-state index in [0.29, 0.717) is 47.7 Å². The molecule has 49 heavy (non-hydrogen) atoms. The summed E-state index contributed by atoms with van der Waals surface area (Å²) in [6.45, 7) is 7.04. The Hall–Kier alpha value is -1.57. The summed E-state index contributed by atoms with van der Waals surface area (Å²) in [6, 6.07) is 0.359. The van der Waals surface area contributed by atoms with E-state index in [-0.39, 0.29) is 65.5 Å². The van der Waals surface area contributed by atoms with Gasteiger partial charge in [0.1, 0.15) is 6.10 Å². The summed E-state index contributed by atoms with van der Waals surface area (Å²) >= 11 is 1.91. The fourth-order valence-corrected chi connectivity index (χ4v) is 13.6. The molecule has 4 saturated carbocycles. The third kappa shape index (κ3) is 7.94. The van der Waals surface area contributed by atoms with Gasteiger partial charge in [-0.05, 0) is 117 Å². The van der Waals surface area contributed by atoms with E-state index in [1.165, 1.54) is 0 Å². The molecular formula is C36H59N3O8S2. The minimum absolute atomic E-state index is 0.0650. The van der Waals surface area contributed by atoms with Gasteiger partial charge in [-0.1, -0.05) is 27.2 Å². The topological polar surface area (TPSA) is 171 Å². The largest absolute Gasteiger partial charge is 0.462 e. The number of rotatable bonds is 13. The van der Waals surface area contributed by atoms with Crippen LogP contribution >= 0.6 is 11.8 Å². The molecule has 6 aliphatic rings. The minimum Gasteiger partial charge on any atom is -0.462 e. The highest BCUT2D eigenvalue weighted by Crippen LogP contribution is 2.68. The van der Waals surface area contributed by atoms with Gasteiger partial charge >= 0.3 is 12.0 Å². The summed E-state index contributed by atoms with van der Waals surface area (Å²) in [5.41, 5.74) is 0.262. The maximum absolute atomic E-state index is 12.9. The summed E-state index contributed by atoms with van der Waals surface area (Å²) < 4.78 is 36.9. The second kappa shape index (κ2) is 14.8. The van der Waals surface area contributed by atoms with Crippen LogP contribution in [-0.2, 0) is 24.4 Å². The van der Waals surface area contributed by atoms with Crippen molar-refractivity contribution in [1.29, 1.82) is 0 Å². The van der Waals surface area contributed by atoms with Crippen molar-refractivity contribution in [2.45, 2.75) is 140 Å². The number of esters is 1. The van der Waals surface area contributed by atoms with Crippen LogP contribution in [0.3, 0.4) is 0 Å². The molecule has 0 radical (unpaired) electrons. The lowest BCUT2D eigenvalue weighted by atomic mass is 9.43. The van der Waals surface area contributed by atoms with Crippen molar-refractivity contribution in [3.05, 3.63) is 0 Å². The van der Waals surface area contributed by atoms with Crippen molar-refractivity contribution in [2.75, 3.05) is 18.1 Å². The van der Waals surface area contributed by atoms with E-state index >= 15 is 0 Å². The highest BCUT2D eigenvalue weighted by Gasteiger charge is 2.63. The van der Waals surface area contributed by atoms with Gasteiger partial charge in [-0.25, -0.2) is 4.79 Å². The van der Waals surface area contributed by atoms with Gasteiger partial charge in [0, 0.05) is 30.4 Å². The molecule has 0 aromatic rings. The van der Waals surface area contributed by atoms with Gasteiger partial charge in [-0.2, -0.15) is 20.2 Å². The SMILES string of the molecule is C[C@H](CCC(=O)NCCS(=O)(=O)O)[C@H]1CC[C@@H]2C3[C@@H](CC[C@@]21C)[C@@]1(C)CC[C@H](OC(=O)CCCC[C@@H]2SC[C@H]4NC(=O)N[C@@H]24)CC1C[C@@H]3O. The maximum Gasteiger partial charge on any atom is 0.315 e. The zero-order chi connectivity index (χ0) is 35.1. The lowest BCUT2D eigenvalue weighted by Gasteiger charge is -2.62. The predicted octanol–water partition coefficient (Wildman–Crippen LogP) is 4.67. The molecule has 0 bridgehead atoms. The fourth-order valence-electron chi connectivity index (χ4n) is 11.7. The van der Waals surface area contributed by atoms with Gasteiger partial charge in [0.25, 0.3) is 10.1 Å². The molecule has 0 spiro atoms. The van der Waals surface area contributed by atoms with E-state index in [2.05, 4.69) is 36.7 Å². The zero-order valence-electron chi connectivity index (χ0n) is 29.5. The van der Waals surface area contributed by atoms with Crippen LogP contribution in [0.4, 0.5) is 4.79 Å². The molecule has 13 atom stereocenters. The Morgan fingerprint density at radius 3 is 2.57 bits per heavy atom. The van der Waals surface area contributed by atoms with Gasteiger partial charge in [0.05, 0.1) is 23.9 Å². The number of aliphatic hydroxyl groups excluding tert-OH is 1. The number of hydrogen-bond donors (Lipinski definition) is 5. The molecular weight excluding hydrogens is 667 g/mol. The molecule has 6 fully saturated rings. The first-order valence-electron chi connectivity index (χ1n) is 19.0. The lowest BCUT2D eigenvalue weighted by Crippen LogP contribution is -2.58. The summed E-state index contributed by atoms with van der Waals surface area (Å²) in [4.78, 5) is 36.9. The lowest BCUT2D eigenvalue weighted by molar-refractivity contribution is -0.183. The minimum atomic E-state index is -4.09. The predicted molar refractivity (Wildman–Crippen MR) is 188 cm³/mol. The Morgan fingerprint density at radius 2 is 1.80 bits per heavy atom. The zero-order valence-corrected chi connectivity index (χ0v) is 31.2. The van der Waals surface area contributed by atoms with Crippen molar-refractivity contribution >= 4 is 39.8 Å². The Balaban J connectivity index is 0.964. The van der Waals surface area contributed by atoms with Gasteiger partial charge < -0.3 is 25.8 Å². The second-order valence-electron chi connectivity index (χ2n) is 16.9. The van der Waals surface area contributed by atoms with Gasteiger partial charge in [0.15, 0.2) is 0 Å². The number of carbonyl (C=O) groups is 3. The van der Waals surface area contributed by atoms with Gasteiger partial charge in [0.2, 0.25) is 5.91 Å². The molecule has 2 aliphatic heterocycles. The first-order chi connectivity index (χ1) is 23.2. The highest BCUT2D eigenvalue weighted by atomic mass is 32.2. The van der Waals surface area contributed by atoms with Crippen molar-refractivity contribution in [2.24, 2.45) is 46.3 Å². The molecule has 2 saturated heterocycles. The van der Waals surface area contributed by atoms with E-state index in [4.69, 9.17) is 9.29 Å². The number of amides is 3. The van der Waals surface area contributed by atoms with E-state index in [9.17, 15) is 27.9 Å². The van der Waals surface area contributed by atoms with Gasteiger partial charge in [-0.15, -0.1) is 0 Å². The van der Waals surface area contributed by atoms with Crippen molar-refractivity contribution < 1.29 is 37.2 Å². The monoisotopic (exact) mass is 725 g/mol. The number of aliphatic hydroxyl groups is 1. The van der Waals surface area contributed by atoms with Crippen LogP contribution in [-0.4, -0.2) is 83.6 Å². The van der Waals surface area contributed by atoms with Crippen molar-refractivity contribution in [1.82, 2.24) is 16.0 Å². The summed E-state index contributed by atoms with van der Waals surface area (Å²) in [5.74, 6) is 2.55. The molecule has 5 N–H and O–H groups in total. The number of hydrogen-bond acceptors (Lipinski definition) is 8. The highest BCUT2D eigenvalue weighted by molar-refractivity contribution is 8.00. The van der Waals surface area contributed by atoms with E-state index in [1.54, 1.807) is 0 Å². The maximum atomic E-state index is 12.9. The van der Waals surface area contributed by atoms with Crippen molar-refractivity contribution in [3.8, 4) is 0 Å². The first-order valence-corrected chi connectivity index (χ1v) is 21.6. The molecule has 6 rings (SSSR count). The van der Waals surface area contributed by atoms with Crippen LogP contribution in [0.2, 0.25) is 0 Å². The Kier molecular flexibility index (Phi) is 11.2. The summed E-state index contributed by atoms with van der Waals surface area (Å²) in [7, 11) is -4.09. The number of nitrogens with one attached hydrogen (secondary N) is 3. The number of fused-ring (bicyclic) bond motifs is 6. The second-order valence-corrected chi connectivity index (χ2v) is 19.8. The molecule has 2 unspecified atom stereocenters. The van der Waals surface area contributed by atoms with Crippen LogP contribution in [0.25, 0.3) is 0 Å². The summed E-state index contributed by atoms with van der Waals surface area (Å²) in [6.07, 6.45) is 11.8. The number of ether oxygens (including phenoxy) is 1. The van der Waals surface area contributed by atoms with Crippen LogP contribution < -0.4 is 16.0 Å². The van der Waals surface area contributed by atoms with E-state index in [0.717, 1.165) is 82.8 Å². The third-order valence-corrected chi connectivity index (χ3v) is 16.5. The smallest absolute Gasteiger partial charge is 0.315 e. The Bertz CT molecular complexity index is 1350. The van der Waals surface area contributed by atoms with E-state index < -0.39 is 15.9 Å². The Morgan fingerprint density at radius 1 is 1.04 bits per heavy atom. The quantitative estimate of drug-likeness (QED) is 0.0784. The van der Waals surface area contributed by atoms with Crippen LogP contribution in [0.1, 0.15) is 111 Å². The van der Waals surface area contributed by atoms with Gasteiger partial charge in [-0.3, -0.25) is 14.1 Å². The molecule has 278 valence electrons. The van der Waals surface area contributed by atoms with Crippen LogP contribution in [0.5, 0.6) is 0 Å². The van der Waals surface area contributed by atoms with E-state index in [1.807, 2.05) is 11.8 Å². The fraction of sp³-hybridized carbons (Fsp3) is 0.917.